The van der Waals surface area contributed by atoms with Gasteiger partial charge in [0.15, 0.2) is 0 Å². The molecule has 1 unspecified atom stereocenters. The van der Waals surface area contributed by atoms with Gasteiger partial charge < -0.3 is 14.8 Å². The van der Waals surface area contributed by atoms with E-state index in [4.69, 9.17) is 9.47 Å². The van der Waals surface area contributed by atoms with Crippen molar-refractivity contribution in [1.82, 2.24) is 5.32 Å². The van der Waals surface area contributed by atoms with Crippen LogP contribution >= 0.6 is 0 Å². The van der Waals surface area contributed by atoms with Gasteiger partial charge in [0.1, 0.15) is 0 Å². The van der Waals surface area contributed by atoms with Crippen LogP contribution in [0.15, 0.2) is 0 Å². The molecule has 1 saturated heterocycles. The monoisotopic (exact) mass is 183 g/mol. The average molecular weight is 183 g/mol. The zero-order valence-corrected chi connectivity index (χ0v) is 8.14. The van der Waals surface area contributed by atoms with Crippen molar-refractivity contribution < 1.29 is 9.47 Å². The summed E-state index contributed by atoms with van der Waals surface area (Å²) in [7, 11) is 0. The zero-order chi connectivity index (χ0) is 9.36. The highest BCUT2D eigenvalue weighted by Crippen LogP contribution is 1.98. The van der Waals surface area contributed by atoms with E-state index in [-0.39, 0.29) is 6.10 Å². The summed E-state index contributed by atoms with van der Waals surface area (Å²) < 4.78 is 10.7. The Morgan fingerprint density at radius 2 is 2.38 bits per heavy atom. The van der Waals surface area contributed by atoms with Gasteiger partial charge in [0.05, 0.1) is 25.9 Å². The largest absolute Gasteiger partial charge is 0.376 e. The Labute approximate surface area is 79.8 Å². The van der Waals surface area contributed by atoms with E-state index in [1.54, 1.807) is 0 Å². The van der Waals surface area contributed by atoms with E-state index in [1.807, 2.05) is 6.92 Å². The second-order valence-electron chi connectivity index (χ2n) is 2.95. The molecule has 74 valence electrons. The molecule has 1 fully saturated rings. The van der Waals surface area contributed by atoms with Crippen LogP contribution in [-0.4, -0.2) is 39.0 Å². The topological polar surface area (TPSA) is 30.5 Å². The summed E-state index contributed by atoms with van der Waals surface area (Å²) in [5.41, 5.74) is 0. The summed E-state index contributed by atoms with van der Waals surface area (Å²) in [5, 5.41) is 3.28. The first-order valence-corrected chi connectivity index (χ1v) is 4.73. The second kappa shape index (κ2) is 6.90. The van der Waals surface area contributed by atoms with Crippen LogP contribution in [0.1, 0.15) is 13.3 Å². The molecule has 0 aromatic rings. The van der Waals surface area contributed by atoms with Crippen LogP contribution in [0.3, 0.4) is 0 Å². The summed E-state index contributed by atoms with van der Waals surface area (Å²) >= 11 is 0. The molecule has 1 heterocycles. The Balaban J connectivity index is 1.94. The highest BCUT2D eigenvalue weighted by molar-refractivity contribution is 4.95. The lowest BCUT2D eigenvalue weighted by molar-refractivity contribution is -0.0862. The van der Waals surface area contributed by atoms with Gasteiger partial charge in [-0.05, 0) is 6.92 Å². The van der Waals surface area contributed by atoms with Crippen molar-refractivity contribution in [2.45, 2.75) is 19.4 Å². The predicted molar refractivity (Wildman–Crippen MR) is 51.5 cm³/mol. The van der Waals surface area contributed by atoms with Gasteiger partial charge in [-0.3, -0.25) is 0 Å². The van der Waals surface area contributed by atoms with Crippen LogP contribution < -0.4 is 5.32 Å². The van der Waals surface area contributed by atoms with E-state index in [1.165, 1.54) is 0 Å². The standard InChI is InChI=1S/C10H17NO2/c1-2-3-4-5-11-8-10-9-12-6-7-13-10/h10-11H,4-9H2,1H3. The molecule has 0 amide bonds. The summed E-state index contributed by atoms with van der Waals surface area (Å²) in [6.45, 7) is 5.83. The van der Waals surface area contributed by atoms with E-state index >= 15 is 0 Å². The Morgan fingerprint density at radius 3 is 3.08 bits per heavy atom. The summed E-state index contributed by atoms with van der Waals surface area (Å²) in [5.74, 6) is 5.86. The highest BCUT2D eigenvalue weighted by atomic mass is 16.6. The first-order valence-electron chi connectivity index (χ1n) is 4.73. The fourth-order valence-electron chi connectivity index (χ4n) is 1.19. The van der Waals surface area contributed by atoms with Crippen molar-refractivity contribution in [2.75, 3.05) is 32.9 Å². The predicted octanol–water partition coefficient (Wildman–Crippen LogP) is 0.405. The number of nitrogens with one attached hydrogen (secondary N) is 1. The van der Waals surface area contributed by atoms with Crippen LogP contribution in [0.25, 0.3) is 0 Å². The van der Waals surface area contributed by atoms with Gasteiger partial charge in [-0.1, -0.05) is 0 Å². The fraction of sp³-hybridized carbons (Fsp3) is 0.800. The normalized spacial score (nSPS) is 22.1. The van der Waals surface area contributed by atoms with Crippen LogP contribution in [0.5, 0.6) is 0 Å². The molecule has 0 spiro atoms. The van der Waals surface area contributed by atoms with Gasteiger partial charge in [0.25, 0.3) is 0 Å². The molecule has 0 aromatic heterocycles. The molecule has 1 atom stereocenters. The molecule has 0 saturated carbocycles. The Morgan fingerprint density at radius 1 is 1.46 bits per heavy atom. The van der Waals surface area contributed by atoms with Crippen molar-refractivity contribution in [3.8, 4) is 11.8 Å². The molecule has 1 N–H and O–H groups in total. The molecule has 3 heteroatoms. The second-order valence-corrected chi connectivity index (χ2v) is 2.95. The van der Waals surface area contributed by atoms with Crippen molar-refractivity contribution in [2.24, 2.45) is 0 Å². The number of hydrogen-bond acceptors (Lipinski definition) is 3. The molecular weight excluding hydrogens is 166 g/mol. The molecule has 0 bridgehead atoms. The van der Waals surface area contributed by atoms with E-state index in [2.05, 4.69) is 17.2 Å². The summed E-state index contributed by atoms with van der Waals surface area (Å²) in [4.78, 5) is 0. The number of hydrogen-bond donors (Lipinski definition) is 1. The fourth-order valence-corrected chi connectivity index (χ4v) is 1.19. The van der Waals surface area contributed by atoms with Gasteiger partial charge in [-0.15, -0.1) is 11.8 Å². The smallest absolute Gasteiger partial charge is 0.0933 e. The third kappa shape index (κ3) is 4.89. The molecule has 0 aromatic carbocycles. The molecule has 13 heavy (non-hydrogen) atoms. The molecular formula is C10H17NO2. The minimum atomic E-state index is 0.225. The Bertz CT molecular complexity index is 177. The lowest BCUT2D eigenvalue weighted by Crippen LogP contribution is -2.37. The Kier molecular flexibility index (Phi) is 5.59. The average Bonchev–Trinajstić information content (AvgIpc) is 2.19. The van der Waals surface area contributed by atoms with Crippen LogP contribution in [0.2, 0.25) is 0 Å². The van der Waals surface area contributed by atoms with Crippen molar-refractivity contribution >= 4 is 0 Å². The first-order chi connectivity index (χ1) is 6.43. The van der Waals surface area contributed by atoms with Crippen molar-refractivity contribution in [1.29, 1.82) is 0 Å². The van der Waals surface area contributed by atoms with E-state index < -0.39 is 0 Å². The van der Waals surface area contributed by atoms with Gasteiger partial charge in [0, 0.05) is 19.5 Å². The van der Waals surface area contributed by atoms with Crippen LogP contribution in [0, 0.1) is 11.8 Å². The van der Waals surface area contributed by atoms with E-state index in [0.717, 1.165) is 32.7 Å². The maximum atomic E-state index is 5.46. The van der Waals surface area contributed by atoms with Gasteiger partial charge in [0.2, 0.25) is 0 Å². The molecule has 1 aliphatic heterocycles. The molecule has 0 aliphatic carbocycles. The van der Waals surface area contributed by atoms with Gasteiger partial charge >= 0.3 is 0 Å². The Hall–Kier alpha value is -0.560. The maximum absolute atomic E-state index is 5.46. The van der Waals surface area contributed by atoms with Crippen LogP contribution in [-0.2, 0) is 9.47 Å². The first kappa shape index (κ1) is 10.5. The third-order valence-corrected chi connectivity index (χ3v) is 1.86. The lowest BCUT2D eigenvalue weighted by atomic mass is 10.3. The van der Waals surface area contributed by atoms with Crippen molar-refractivity contribution in [3.05, 3.63) is 0 Å². The number of rotatable bonds is 4. The number of ether oxygens (including phenoxy) is 2. The molecule has 3 nitrogen and oxygen atoms in total. The summed E-state index contributed by atoms with van der Waals surface area (Å²) in [6.07, 6.45) is 1.13. The van der Waals surface area contributed by atoms with Crippen LogP contribution in [0.4, 0.5) is 0 Å². The van der Waals surface area contributed by atoms with Crippen molar-refractivity contribution in [3.63, 3.8) is 0 Å². The molecule has 0 radical (unpaired) electrons. The minimum absolute atomic E-state index is 0.225. The molecule has 1 rings (SSSR count). The highest BCUT2D eigenvalue weighted by Gasteiger charge is 2.12. The quantitative estimate of drug-likeness (QED) is 0.505. The third-order valence-electron chi connectivity index (χ3n) is 1.86. The van der Waals surface area contributed by atoms with E-state index in [0.29, 0.717) is 6.61 Å². The molecule has 1 aliphatic rings. The van der Waals surface area contributed by atoms with Gasteiger partial charge in [-0.25, -0.2) is 0 Å². The maximum Gasteiger partial charge on any atom is 0.0933 e. The minimum Gasteiger partial charge on any atom is -0.376 e. The zero-order valence-electron chi connectivity index (χ0n) is 8.14. The van der Waals surface area contributed by atoms with E-state index in [9.17, 15) is 0 Å². The lowest BCUT2D eigenvalue weighted by Gasteiger charge is -2.22. The SMILES string of the molecule is CC#CCCNCC1COCCO1. The summed E-state index contributed by atoms with van der Waals surface area (Å²) in [6, 6.07) is 0. The van der Waals surface area contributed by atoms with Gasteiger partial charge in [-0.2, -0.15) is 0 Å².